The standard InChI is InChI=1S/C17H23NO6/c1-11(9-17(21)22)18-16(20)5-4-8-24-14-7-6-13(12(2)19)10-15(14)23-3/h6-7,10-11H,4-5,8-9H2,1-3H3,(H,18,20)(H,21,22). The van der Waals surface area contributed by atoms with Gasteiger partial charge in [0.05, 0.1) is 20.1 Å². The van der Waals surface area contributed by atoms with E-state index in [0.717, 1.165) is 0 Å². The Morgan fingerprint density at radius 3 is 2.54 bits per heavy atom. The van der Waals surface area contributed by atoms with Crippen molar-refractivity contribution in [2.75, 3.05) is 13.7 Å². The molecule has 0 aliphatic rings. The predicted octanol–water partition coefficient (Wildman–Crippen LogP) is 2.04. The van der Waals surface area contributed by atoms with Crippen molar-refractivity contribution in [2.24, 2.45) is 0 Å². The number of carbonyl (C=O) groups excluding carboxylic acids is 2. The van der Waals surface area contributed by atoms with Gasteiger partial charge in [0.2, 0.25) is 5.91 Å². The summed E-state index contributed by atoms with van der Waals surface area (Å²) in [6.07, 6.45) is 0.600. The molecule has 0 saturated carbocycles. The molecule has 2 N–H and O–H groups in total. The molecule has 0 aromatic heterocycles. The molecule has 1 aromatic carbocycles. The smallest absolute Gasteiger partial charge is 0.305 e. The van der Waals surface area contributed by atoms with Crippen LogP contribution in [-0.4, -0.2) is 42.5 Å². The summed E-state index contributed by atoms with van der Waals surface area (Å²) in [5.41, 5.74) is 0.533. The highest BCUT2D eigenvalue weighted by atomic mass is 16.5. The van der Waals surface area contributed by atoms with Gasteiger partial charge in [-0.15, -0.1) is 0 Å². The Labute approximate surface area is 141 Å². The SMILES string of the molecule is COc1cc(C(C)=O)ccc1OCCCC(=O)NC(C)CC(=O)O. The first kappa shape index (κ1) is 19.5. The van der Waals surface area contributed by atoms with Crippen molar-refractivity contribution in [1.82, 2.24) is 5.32 Å². The number of aliphatic carboxylic acids is 1. The first-order valence-electron chi connectivity index (χ1n) is 7.66. The van der Waals surface area contributed by atoms with Crippen LogP contribution in [0.25, 0.3) is 0 Å². The molecule has 0 aliphatic carbocycles. The van der Waals surface area contributed by atoms with E-state index >= 15 is 0 Å². The number of carboxylic acids is 1. The Morgan fingerprint density at radius 1 is 1.25 bits per heavy atom. The number of rotatable bonds is 10. The second-order valence-electron chi connectivity index (χ2n) is 5.44. The molecule has 1 atom stereocenters. The van der Waals surface area contributed by atoms with Crippen molar-refractivity contribution in [3.05, 3.63) is 23.8 Å². The van der Waals surface area contributed by atoms with Crippen LogP contribution in [0.15, 0.2) is 18.2 Å². The largest absolute Gasteiger partial charge is 0.493 e. The molecule has 0 fully saturated rings. The predicted molar refractivity (Wildman–Crippen MR) is 87.6 cm³/mol. The summed E-state index contributed by atoms with van der Waals surface area (Å²) in [4.78, 5) is 33.5. The van der Waals surface area contributed by atoms with Crippen molar-refractivity contribution in [1.29, 1.82) is 0 Å². The highest BCUT2D eigenvalue weighted by Gasteiger charge is 2.11. The average molecular weight is 337 g/mol. The maximum absolute atomic E-state index is 11.7. The highest BCUT2D eigenvalue weighted by molar-refractivity contribution is 5.94. The average Bonchev–Trinajstić information content (AvgIpc) is 2.50. The Bertz CT molecular complexity index is 599. The number of carboxylic acid groups (broad SMARTS) is 1. The Hall–Kier alpha value is -2.57. The van der Waals surface area contributed by atoms with Gasteiger partial charge in [0.1, 0.15) is 0 Å². The number of Topliss-reactive ketones (excluding diaryl/α,β-unsaturated/α-hetero) is 1. The maximum Gasteiger partial charge on any atom is 0.305 e. The van der Waals surface area contributed by atoms with Crippen molar-refractivity contribution >= 4 is 17.7 Å². The number of ether oxygens (including phenoxy) is 2. The zero-order chi connectivity index (χ0) is 18.1. The lowest BCUT2D eigenvalue weighted by Gasteiger charge is -2.13. The lowest BCUT2D eigenvalue weighted by molar-refractivity contribution is -0.137. The molecule has 0 bridgehead atoms. The van der Waals surface area contributed by atoms with Crippen molar-refractivity contribution in [3.8, 4) is 11.5 Å². The molecule has 1 aromatic rings. The van der Waals surface area contributed by atoms with E-state index in [4.69, 9.17) is 14.6 Å². The third-order valence-corrected chi connectivity index (χ3v) is 3.26. The number of hydrogen-bond acceptors (Lipinski definition) is 5. The fraction of sp³-hybridized carbons (Fsp3) is 0.471. The summed E-state index contributed by atoms with van der Waals surface area (Å²) in [5, 5.41) is 11.3. The monoisotopic (exact) mass is 337 g/mol. The third kappa shape index (κ3) is 6.68. The van der Waals surface area contributed by atoms with Crippen molar-refractivity contribution in [3.63, 3.8) is 0 Å². The van der Waals surface area contributed by atoms with E-state index in [-0.39, 0.29) is 24.5 Å². The number of nitrogens with one attached hydrogen (secondary N) is 1. The minimum atomic E-state index is -0.952. The summed E-state index contributed by atoms with van der Waals surface area (Å²) >= 11 is 0. The van der Waals surface area contributed by atoms with Gasteiger partial charge in [0.25, 0.3) is 0 Å². The quantitative estimate of drug-likeness (QED) is 0.500. The second kappa shape index (κ2) is 9.54. The summed E-state index contributed by atoms with van der Waals surface area (Å²) < 4.78 is 10.8. The molecule has 1 amide bonds. The van der Waals surface area contributed by atoms with Gasteiger partial charge in [0, 0.05) is 18.0 Å². The zero-order valence-corrected chi connectivity index (χ0v) is 14.1. The number of amides is 1. The number of carbonyl (C=O) groups is 3. The van der Waals surface area contributed by atoms with E-state index in [1.807, 2.05) is 0 Å². The molecule has 0 saturated heterocycles. The Morgan fingerprint density at radius 2 is 1.96 bits per heavy atom. The molecule has 0 heterocycles. The Kier molecular flexibility index (Phi) is 7.74. The second-order valence-corrected chi connectivity index (χ2v) is 5.44. The number of methoxy groups -OCH3 is 1. The summed E-state index contributed by atoms with van der Waals surface area (Å²) in [5.74, 6) is -0.269. The molecule has 0 radical (unpaired) electrons. The fourth-order valence-corrected chi connectivity index (χ4v) is 2.08. The summed E-state index contributed by atoms with van der Waals surface area (Å²) in [7, 11) is 1.49. The first-order valence-corrected chi connectivity index (χ1v) is 7.66. The van der Waals surface area contributed by atoms with E-state index in [2.05, 4.69) is 5.32 Å². The molecule has 1 rings (SSSR count). The molecule has 7 heteroatoms. The third-order valence-electron chi connectivity index (χ3n) is 3.26. The molecular weight excluding hydrogens is 314 g/mol. The molecule has 0 spiro atoms. The van der Waals surface area contributed by atoms with Crippen LogP contribution < -0.4 is 14.8 Å². The van der Waals surface area contributed by atoms with Crippen LogP contribution in [0.1, 0.15) is 43.5 Å². The minimum Gasteiger partial charge on any atom is -0.493 e. The lowest BCUT2D eigenvalue weighted by Crippen LogP contribution is -2.34. The van der Waals surface area contributed by atoms with E-state index in [0.29, 0.717) is 30.1 Å². The van der Waals surface area contributed by atoms with Gasteiger partial charge in [0.15, 0.2) is 17.3 Å². The van der Waals surface area contributed by atoms with Gasteiger partial charge in [-0.25, -0.2) is 0 Å². The molecule has 132 valence electrons. The Balaban J connectivity index is 2.41. The van der Waals surface area contributed by atoms with Gasteiger partial charge in [-0.3, -0.25) is 14.4 Å². The lowest BCUT2D eigenvalue weighted by atomic mass is 10.1. The zero-order valence-electron chi connectivity index (χ0n) is 14.1. The van der Waals surface area contributed by atoms with Crippen LogP contribution in [0.3, 0.4) is 0 Å². The normalized spacial score (nSPS) is 11.5. The van der Waals surface area contributed by atoms with Crippen LogP contribution in [0.4, 0.5) is 0 Å². The van der Waals surface area contributed by atoms with E-state index in [1.54, 1.807) is 25.1 Å². The van der Waals surface area contributed by atoms with Crippen LogP contribution in [0, 0.1) is 0 Å². The van der Waals surface area contributed by atoms with Crippen molar-refractivity contribution < 1.29 is 29.0 Å². The maximum atomic E-state index is 11.7. The molecule has 7 nitrogen and oxygen atoms in total. The minimum absolute atomic E-state index is 0.0630. The van der Waals surface area contributed by atoms with Crippen LogP contribution in [-0.2, 0) is 9.59 Å². The highest BCUT2D eigenvalue weighted by Crippen LogP contribution is 2.28. The van der Waals surface area contributed by atoms with E-state index in [9.17, 15) is 14.4 Å². The number of ketones is 1. The molecule has 24 heavy (non-hydrogen) atoms. The summed E-state index contributed by atoms with van der Waals surface area (Å²) in [6.45, 7) is 3.42. The van der Waals surface area contributed by atoms with Crippen LogP contribution in [0.2, 0.25) is 0 Å². The van der Waals surface area contributed by atoms with Gasteiger partial charge in [-0.1, -0.05) is 0 Å². The van der Waals surface area contributed by atoms with Gasteiger partial charge in [-0.05, 0) is 38.5 Å². The summed E-state index contributed by atoms with van der Waals surface area (Å²) in [6, 6.07) is 4.51. The van der Waals surface area contributed by atoms with Crippen LogP contribution in [0.5, 0.6) is 11.5 Å². The number of benzene rings is 1. The first-order chi connectivity index (χ1) is 11.3. The van der Waals surface area contributed by atoms with E-state index in [1.165, 1.54) is 14.0 Å². The topological polar surface area (TPSA) is 102 Å². The molecular formula is C17H23NO6. The molecule has 0 aliphatic heterocycles. The van der Waals surface area contributed by atoms with Gasteiger partial charge >= 0.3 is 5.97 Å². The van der Waals surface area contributed by atoms with Crippen molar-refractivity contribution in [2.45, 2.75) is 39.2 Å². The van der Waals surface area contributed by atoms with E-state index < -0.39 is 12.0 Å². The fourth-order valence-electron chi connectivity index (χ4n) is 2.08. The van der Waals surface area contributed by atoms with Gasteiger partial charge in [-0.2, -0.15) is 0 Å². The number of hydrogen-bond donors (Lipinski definition) is 2. The molecule has 1 unspecified atom stereocenters. The van der Waals surface area contributed by atoms with Crippen LogP contribution >= 0.6 is 0 Å². The van der Waals surface area contributed by atoms with Gasteiger partial charge < -0.3 is 19.9 Å².